The van der Waals surface area contributed by atoms with E-state index in [1.807, 2.05) is 30.5 Å². The zero-order valence-corrected chi connectivity index (χ0v) is 21.0. The van der Waals surface area contributed by atoms with E-state index in [1.54, 1.807) is 0 Å². The Bertz CT molecular complexity index is 1200. The van der Waals surface area contributed by atoms with Crippen LogP contribution in [0.2, 0.25) is 0 Å². The molecule has 2 unspecified atom stereocenters. The molecule has 2 atom stereocenters. The molecule has 2 aromatic carbocycles. The fraction of sp³-hybridized carbons (Fsp3) is 0.429. The highest BCUT2D eigenvalue weighted by atomic mass is 16.2. The van der Waals surface area contributed by atoms with Gasteiger partial charge >= 0.3 is 6.03 Å². The second kappa shape index (κ2) is 10.2. The molecule has 0 aliphatic carbocycles. The van der Waals surface area contributed by atoms with E-state index >= 15 is 0 Å². The van der Waals surface area contributed by atoms with Gasteiger partial charge in [-0.3, -0.25) is 4.98 Å². The average Bonchev–Trinajstić information content (AvgIpc) is 2.84. The minimum absolute atomic E-state index is 0.244. The predicted molar refractivity (Wildman–Crippen MR) is 144 cm³/mol. The van der Waals surface area contributed by atoms with Crippen LogP contribution in [0.4, 0.5) is 21.9 Å². The zero-order chi connectivity index (χ0) is 24.4. The van der Waals surface area contributed by atoms with Crippen molar-refractivity contribution in [2.45, 2.75) is 45.2 Å². The van der Waals surface area contributed by atoms with Crippen LogP contribution in [0.3, 0.4) is 0 Å². The Morgan fingerprint density at radius 2 is 1.74 bits per heavy atom. The summed E-state index contributed by atoms with van der Waals surface area (Å²) >= 11 is 0. The summed E-state index contributed by atoms with van der Waals surface area (Å²) in [5.41, 5.74) is 6.18. The van der Waals surface area contributed by atoms with Crippen LogP contribution in [0.5, 0.6) is 0 Å². The number of piperidine rings is 1. The molecule has 3 heterocycles. The number of amides is 2. The minimum Gasteiger partial charge on any atom is -0.368 e. The van der Waals surface area contributed by atoms with Gasteiger partial charge < -0.3 is 25.8 Å². The summed E-state index contributed by atoms with van der Waals surface area (Å²) in [7, 11) is 2.16. The standard InChI is InChI=1S/C28H36N6O/c1-19-17-21(7-9-23(19)26-6-4-5-20(2)30-26)31-28(35)32-22-8-10-25-24(18-22)27(11-12-29-25)34-15-13-33(3)14-16-34/h7-12,17-18,20,26,30H,4-6,13-16H2,1-3H3,(H2,31,32,35). The number of nitrogens with zero attached hydrogens (tertiary/aromatic N) is 3. The van der Waals surface area contributed by atoms with Gasteiger partial charge in [-0.05, 0) is 81.3 Å². The highest BCUT2D eigenvalue weighted by Crippen LogP contribution is 2.30. The van der Waals surface area contributed by atoms with Crippen molar-refractivity contribution in [1.82, 2.24) is 15.2 Å². The van der Waals surface area contributed by atoms with Crippen molar-refractivity contribution in [3.05, 3.63) is 59.8 Å². The normalized spacial score (nSPS) is 21.2. The van der Waals surface area contributed by atoms with Gasteiger partial charge in [-0.25, -0.2) is 4.79 Å². The summed E-state index contributed by atoms with van der Waals surface area (Å²) in [6, 6.07) is 14.9. The van der Waals surface area contributed by atoms with E-state index in [1.165, 1.54) is 29.7 Å². The number of aromatic nitrogens is 1. The molecule has 0 bridgehead atoms. The van der Waals surface area contributed by atoms with E-state index in [9.17, 15) is 4.79 Å². The first-order chi connectivity index (χ1) is 17.0. The number of pyridine rings is 1. The maximum atomic E-state index is 12.8. The van der Waals surface area contributed by atoms with Crippen molar-refractivity contribution >= 4 is 34.0 Å². The Balaban J connectivity index is 1.28. The van der Waals surface area contributed by atoms with E-state index in [0.29, 0.717) is 12.1 Å². The number of nitrogens with one attached hydrogen (secondary N) is 3. The van der Waals surface area contributed by atoms with Crippen LogP contribution < -0.4 is 20.9 Å². The van der Waals surface area contributed by atoms with Gasteiger partial charge in [0.05, 0.1) is 5.52 Å². The number of urea groups is 1. The Labute approximate surface area is 207 Å². The van der Waals surface area contributed by atoms with Crippen molar-refractivity contribution in [3.63, 3.8) is 0 Å². The second-order valence-corrected chi connectivity index (χ2v) is 10.1. The maximum Gasteiger partial charge on any atom is 0.323 e. The van der Waals surface area contributed by atoms with Gasteiger partial charge in [-0.15, -0.1) is 0 Å². The van der Waals surface area contributed by atoms with Crippen molar-refractivity contribution < 1.29 is 4.79 Å². The topological polar surface area (TPSA) is 72.5 Å². The third-order valence-electron chi connectivity index (χ3n) is 7.34. The van der Waals surface area contributed by atoms with Gasteiger partial charge in [-0.1, -0.05) is 12.5 Å². The Morgan fingerprint density at radius 3 is 2.49 bits per heavy atom. The monoisotopic (exact) mass is 472 g/mol. The number of likely N-dealkylation sites (N-methyl/N-ethyl adjacent to an activating group) is 1. The summed E-state index contributed by atoms with van der Waals surface area (Å²) < 4.78 is 0. The maximum absolute atomic E-state index is 12.8. The smallest absolute Gasteiger partial charge is 0.323 e. The molecule has 1 aromatic heterocycles. The second-order valence-electron chi connectivity index (χ2n) is 10.1. The fourth-order valence-electron chi connectivity index (χ4n) is 5.35. The molecule has 0 radical (unpaired) electrons. The molecule has 35 heavy (non-hydrogen) atoms. The van der Waals surface area contributed by atoms with Crippen LogP contribution in [-0.2, 0) is 0 Å². The number of benzene rings is 2. The number of hydrogen-bond acceptors (Lipinski definition) is 5. The van der Waals surface area contributed by atoms with Crippen molar-refractivity contribution in [2.24, 2.45) is 0 Å². The highest BCUT2D eigenvalue weighted by molar-refractivity contribution is 6.02. The van der Waals surface area contributed by atoms with Crippen LogP contribution >= 0.6 is 0 Å². The third kappa shape index (κ3) is 5.41. The molecular weight excluding hydrogens is 436 g/mol. The number of hydrogen-bond donors (Lipinski definition) is 3. The summed E-state index contributed by atoms with van der Waals surface area (Å²) in [4.78, 5) is 22.1. The third-order valence-corrected chi connectivity index (χ3v) is 7.34. The molecule has 184 valence electrons. The van der Waals surface area contributed by atoms with Crippen molar-refractivity contribution in [3.8, 4) is 0 Å². The average molecular weight is 473 g/mol. The summed E-state index contributed by atoms with van der Waals surface area (Å²) in [6.07, 6.45) is 5.51. The first-order valence-electron chi connectivity index (χ1n) is 12.7. The van der Waals surface area contributed by atoms with Crippen molar-refractivity contribution in [2.75, 3.05) is 48.8 Å². The van der Waals surface area contributed by atoms with Crippen LogP contribution in [0.25, 0.3) is 10.9 Å². The van der Waals surface area contributed by atoms with Gasteiger partial charge in [0, 0.05) is 66.9 Å². The van der Waals surface area contributed by atoms with Gasteiger partial charge in [0.1, 0.15) is 0 Å². The van der Waals surface area contributed by atoms with E-state index < -0.39 is 0 Å². The van der Waals surface area contributed by atoms with E-state index in [-0.39, 0.29) is 6.03 Å². The molecule has 2 saturated heterocycles. The quantitative estimate of drug-likeness (QED) is 0.490. The molecule has 5 rings (SSSR count). The van der Waals surface area contributed by atoms with Gasteiger partial charge in [0.25, 0.3) is 0 Å². The lowest BCUT2D eigenvalue weighted by atomic mass is 9.91. The molecule has 0 spiro atoms. The molecule has 3 N–H and O–H groups in total. The number of carbonyl (C=O) groups is 1. The SMILES string of the molecule is Cc1cc(NC(=O)Nc2ccc3nccc(N4CCN(C)CC4)c3c2)ccc1C1CCCC(C)N1. The van der Waals surface area contributed by atoms with Gasteiger partial charge in [0.15, 0.2) is 0 Å². The fourth-order valence-corrected chi connectivity index (χ4v) is 5.35. The Morgan fingerprint density at radius 1 is 1.00 bits per heavy atom. The number of piperazine rings is 1. The Hall–Kier alpha value is -3.16. The first-order valence-corrected chi connectivity index (χ1v) is 12.7. The lowest BCUT2D eigenvalue weighted by Crippen LogP contribution is -2.44. The molecular formula is C28H36N6O. The number of rotatable bonds is 4. The van der Waals surface area contributed by atoms with E-state index in [2.05, 4.69) is 69.8 Å². The van der Waals surface area contributed by atoms with Crippen LogP contribution in [0.1, 0.15) is 43.4 Å². The summed E-state index contributed by atoms with van der Waals surface area (Å²) in [6.45, 7) is 8.42. The molecule has 3 aromatic rings. The van der Waals surface area contributed by atoms with E-state index in [4.69, 9.17) is 0 Å². The molecule has 7 heteroatoms. The lowest BCUT2D eigenvalue weighted by molar-refractivity contribution is 0.262. The highest BCUT2D eigenvalue weighted by Gasteiger charge is 2.21. The number of carbonyl (C=O) groups excluding carboxylic acids is 1. The molecule has 2 fully saturated rings. The predicted octanol–water partition coefficient (Wildman–Crippen LogP) is 5.14. The van der Waals surface area contributed by atoms with Crippen LogP contribution in [0.15, 0.2) is 48.7 Å². The van der Waals surface area contributed by atoms with E-state index in [0.717, 1.165) is 54.9 Å². The molecule has 2 aliphatic heterocycles. The van der Waals surface area contributed by atoms with Crippen molar-refractivity contribution in [1.29, 1.82) is 0 Å². The number of fused-ring (bicyclic) bond motifs is 1. The largest absolute Gasteiger partial charge is 0.368 e. The summed E-state index contributed by atoms with van der Waals surface area (Å²) in [5.74, 6) is 0. The Kier molecular flexibility index (Phi) is 6.88. The molecule has 0 saturated carbocycles. The number of aryl methyl sites for hydroxylation is 1. The minimum atomic E-state index is -0.244. The molecule has 2 amide bonds. The summed E-state index contributed by atoms with van der Waals surface area (Å²) in [5, 5.41) is 10.8. The lowest BCUT2D eigenvalue weighted by Gasteiger charge is -2.34. The zero-order valence-electron chi connectivity index (χ0n) is 21.0. The van der Waals surface area contributed by atoms with Crippen LogP contribution in [0, 0.1) is 6.92 Å². The number of anilines is 3. The van der Waals surface area contributed by atoms with Gasteiger partial charge in [0.2, 0.25) is 0 Å². The molecule has 7 nitrogen and oxygen atoms in total. The van der Waals surface area contributed by atoms with Gasteiger partial charge in [-0.2, -0.15) is 0 Å². The molecule has 2 aliphatic rings. The first kappa shape index (κ1) is 23.6. The van der Waals surface area contributed by atoms with Crippen LogP contribution in [-0.4, -0.2) is 55.2 Å².